The molecule has 1 aromatic heterocycles. The van der Waals surface area contributed by atoms with E-state index in [-0.39, 0.29) is 5.95 Å². The first-order chi connectivity index (χ1) is 7.58. The van der Waals surface area contributed by atoms with Crippen LogP contribution in [0.3, 0.4) is 0 Å². The summed E-state index contributed by atoms with van der Waals surface area (Å²) in [7, 11) is 0. The summed E-state index contributed by atoms with van der Waals surface area (Å²) in [5.74, 6) is 0.208. The van der Waals surface area contributed by atoms with Gasteiger partial charge >= 0.3 is 6.08 Å². The Labute approximate surface area is 93.4 Å². The van der Waals surface area contributed by atoms with Crippen LogP contribution in [0.2, 0.25) is 0 Å². The van der Waals surface area contributed by atoms with Gasteiger partial charge in [-0.15, -0.1) is 0 Å². The summed E-state index contributed by atoms with van der Waals surface area (Å²) in [4.78, 5) is 9.94. The van der Waals surface area contributed by atoms with Gasteiger partial charge in [-0.1, -0.05) is 35.9 Å². The number of hydrogen-bond donors (Lipinski definition) is 1. The van der Waals surface area contributed by atoms with E-state index in [1.807, 2.05) is 18.2 Å². The van der Waals surface area contributed by atoms with Crippen LogP contribution in [-0.2, 0) is 0 Å². The largest absolute Gasteiger partial charge is 0.368 e. The lowest BCUT2D eigenvalue weighted by molar-refractivity contribution is 0.530. The Hall–Kier alpha value is -2.04. The minimum atomic E-state index is -0.833. The van der Waals surface area contributed by atoms with Crippen LogP contribution in [0, 0.1) is 19.9 Å². The second kappa shape index (κ2) is 5.75. The highest BCUT2D eigenvalue weighted by Gasteiger charge is 1.96. The second-order valence-corrected chi connectivity index (χ2v) is 3.16. The summed E-state index contributed by atoms with van der Waals surface area (Å²) >= 11 is 0. The van der Waals surface area contributed by atoms with Crippen LogP contribution in [0.5, 0.6) is 0 Å². The highest BCUT2D eigenvalue weighted by atomic mass is 19.1. The number of aryl methyl sites for hydroxylation is 2. The van der Waals surface area contributed by atoms with Crippen molar-refractivity contribution in [3.63, 3.8) is 0 Å². The lowest BCUT2D eigenvalue weighted by Gasteiger charge is -1.91. The van der Waals surface area contributed by atoms with Crippen molar-refractivity contribution in [2.75, 3.05) is 5.73 Å². The van der Waals surface area contributed by atoms with Crippen LogP contribution in [0.1, 0.15) is 11.4 Å². The predicted molar refractivity (Wildman–Crippen MR) is 60.1 cm³/mol. The average Bonchev–Trinajstić information content (AvgIpc) is 2.17. The fraction of sp³-hybridized carbons (Fsp3) is 0.182. The van der Waals surface area contributed by atoms with Gasteiger partial charge in [-0.3, -0.25) is 0 Å². The summed E-state index contributed by atoms with van der Waals surface area (Å²) < 4.78 is 12.1. The molecule has 2 N–H and O–H groups in total. The van der Waals surface area contributed by atoms with E-state index < -0.39 is 6.08 Å². The van der Waals surface area contributed by atoms with Gasteiger partial charge in [0.1, 0.15) is 5.82 Å². The van der Waals surface area contributed by atoms with Crippen molar-refractivity contribution in [2.45, 2.75) is 13.8 Å². The molecule has 0 spiro atoms. The highest BCUT2D eigenvalue weighted by molar-refractivity contribution is 5.12. The quantitative estimate of drug-likeness (QED) is 0.736. The molecule has 0 aliphatic heterocycles. The number of nitrogen functional groups attached to an aromatic ring is 1. The Balaban J connectivity index is 0.000000165. The van der Waals surface area contributed by atoms with Crippen LogP contribution in [0.4, 0.5) is 10.3 Å². The van der Waals surface area contributed by atoms with Gasteiger partial charge in [0.05, 0.1) is 0 Å². The first kappa shape index (κ1) is 12.0. The first-order valence-electron chi connectivity index (χ1n) is 4.73. The molecule has 0 atom stereocenters. The van der Waals surface area contributed by atoms with Crippen molar-refractivity contribution in [1.82, 2.24) is 15.0 Å². The number of rotatable bonds is 0. The van der Waals surface area contributed by atoms with Gasteiger partial charge in [-0.2, -0.15) is 19.3 Å². The molecule has 2 rings (SSSR count). The van der Waals surface area contributed by atoms with Gasteiger partial charge in [-0.25, -0.2) is 0 Å². The molecule has 84 valence electrons. The van der Waals surface area contributed by atoms with Gasteiger partial charge in [0, 0.05) is 0 Å². The number of aromatic nitrogens is 3. The Bertz CT molecular complexity index is 395. The Morgan fingerprint density at radius 3 is 2.00 bits per heavy atom. The lowest BCUT2D eigenvalue weighted by atomic mass is 10.2. The number of nitrogens with zero attached hydrogens (tertiary/aromatic N) is 3. The minimum Gasteiger partial charge on any atom is -0.368 e. The van der Waals surface area contributed by atoms with Gasteiger partial charge < -0.3 is 5.73 Å². The average molecular weight is 220 g/mol. The number of benzene rings is 1. The molecule has 0 radical (unpaired) electrons. The fourth-order valence-corrected chi connectivity index (χ4v) is 1.00. The number of nitrogens with two attached hydrogens (primary N) is 1. The van der Waals surface area contributed by atoms with E-state index >= 15 is 0 Å². The van der Waals surface area contributed by atoms with Gasteiger partial charge in [-0.05, 0) is 13.8 Å². The monoisotopic (exact) mass is 220 g/mol. The highest BCUT2D eigenvalue weighted by Crippen LogP contribution is 1.93. The first-order valence-corrected chi connectivity index (χ1v) is 4.73. The van der Waals surface area contributed by atoms with E-state index in [0.29, 0.717) is 5.82 Å². The number of hydrogen-bond acceptors (Lipinski definition) is 4. The zero-order valence-corrected chi connectivity index (χ0v) is 9.18. The number of anilines is 1. The van der Waals surface area contributed by atoms with Gasteiger partial charge in [0.2, 0.25) is 5.95 Å². The van der Waals surface area contributed by atoms with E-state index in [4.69, 9.17) is 5.73 Å². The van der Waals surface area contributed by atoms with Crippen molar-refractivity contribution in [3.8, 4) is 0 Å². The Kier molecular flexibility index (Phi) is 4.32. The molecular weight excluding hydrogens is 207 g/mol. The predicted octanol–water partition coefficient (Wildman–Crippen LogP) is 1.90. The zero-order valence-electron chi connectivity index (χ0n) is 9.18. The number of halogens is 1. The molecule has 2 aromatic rings. The Morgan fingerprint density at radius 2 is 1.62 bits per heavy atom. The summed E-state index contributed by atoms with van der Waals surface area (Å²) in [5.41, 5.74) is 6.38. The van der Waals surface area contributed by atoms with Crippen molar-refractivity contribution >= 4 is 5.95 Å². The lowest BCUT2D eigenvalue weighted by Crippen LogP contribution is -2.01. The van der Waals surface area contributed by atoms with Crippen molar-refractivity contribution < 1.29 is 4.39 Å². The zero-order chi connectivity index (χ0) is 12.0. The van der Waals surface area contributed by atoms with Crippen molar-refractivity contribution in [2.24, 2.45) is 0 Å². The molecule has 4 nitrogen and oxygen atoms in total. The molecule has 0 unspecified atom stereocenters. The molecule has 1 aromatic carbocycles. The maximum atomic E-state index is 12.1. The third-order valence-electron chi connectivity index (χ3n) is 1.68. The molecule has 5 heteroatoms. The summed E-state index contributed by atoms with van der Waals surface area (Å²) in [6.45, 7) is 3.63. The molecule has 0 amide bonds. The van der Waals surface area contributed by atoms with Crippen LogP contribution < -0.4 is 5.73 Å². The topological polar surface area (TPSA) is 64.7 Å². The summed E-state index contributed by atoms with van der Waals surface area (Å²) in [6, 6.07) is 10.3. The van der Waals surface area contributed by atoms with Crippen molar-refractivity contribution in [3.05, 3.63) is 47.8 Å². The SMILES string of the molecule is Cc1ccccc1.Cc1nc(N)nc(F)n1. The maximum Gasteiger partial charge on any atom is 0.313 e. The van der Waals surface area contributed by atoms with E-state index in [1.165, 1.54) is 5.56 Å². The van der Waals surface area contributed by atoms with Crippen LogP contribution >= 0.6 is 0 Å². The van der Waals surface area contributed by atoms with Crippen molar-refractivity contribution in [1.29, 1.82) is 0 Å². The molecule has 0 aliphatic rings. The molecule has 0 bridgehead atoms. The molecule has 16 heavy (non-hydrogen) atoms. The van der Waals surface area contributed by atoms with Crippen LogP contribution in [0.15, 0.2) is 30.3 Å². The molecule has 0 fully saturated rings. The van der Waals surface area contributed by atoms with E-state index in [1.54, 1.807) is 6.92 Å². The van der Waals surface area contributed by atoms with E-state index in [0.717, 1.165) is 0 Å². The third kappa shape index (κ3) is 4.45. The van der Waals surface area contributed by atoms with Crippen LogP contribution in [0.25, 0.3) is 0 Å². The molecule has 0 aliphatic carbocycles. The summed E-state index contributed by atoms with van der Waals surface area (Å²) in [6.07, 6.45) is -0.833. The standard InChI is InChI=1S/C7H8.C4H5FN4/c1-7-5-3-2-4-6-7;1-2-7-3(5)9-4(6)8-2/h2-6H,1H3;1H3,(H2,6,7,8,9). The third-order valence-corrected chi connectivity index (χ3v) is 1.68. The molecular formula is C11H13FN4. The van der Waals surface area contributed by atoms with E-state index in [9.17, 15) is 4.39 Å². The van der Waals surface area contributed by atoms with Gasteiger partial charge in [0.25, 0.3) is 0 Å². The fourth-order valence-electron chi connectivity index (χ4n) is 1.00. The maximum absolute atomic E-state index is 12.1. The second-order valence-electron chi connectivity index (χ2n) is 3.16. The smallest absolute Gasteiger partial charge is 0.313 e. The minimum absolute atomic E-state index is 0.0833. The molecule has 1 heterocycles. The van der Waals surface area contributed by atoms with E-state index in [2.05, 4.69) is 34.0 Å². The van der Waals surface area contributed by atoms with Crippen LogP contribution in [-0.4, -0.2) is 15.0 Å². The normalized spacial score (nSPS) is 9.19. The summed E-state index contributed by atoms with van der Waals surface area (Å²) in [5, 5.41) is 0. The Morgan fingerprint density at radius 1 is 1.00 bits per heavy atom. The van der Waals surface area contributed by atoms with Gasteiger partial charge in [0.15, 0.2) is 0 Å². The molecule has 0 saturated heterocycles. The molecule has 0 saturated carbocycles.